The van der Waals surface area contributed by atoms with Gasteiger partial charge in [-0.15, -0.1) is 0 Å². The van der Waals surface area contributed by atoms with Crippen LogP contribution < -0.4 is 0 Å². The maximum absolute atomic E-state index is 7.50. The van der Waals surface area contributed by atoms with Crippen molar-refractivity contribution in [3.63, 3.8) is 0 Å². The van der Waals surface area contributed by atoms with E-state index < -0.39 is 0 Å². The fraction of sp³-hybridized carbons (Fsp3) is 0.333. The molecule has 4 nitrogen and oxygen atoms in total. The Labute approximate surface area is 74.1 Å². The van der Waals surface area contributed by atoms with E-state index in [1.54, 1.807) is 9.95 Å². The van der Waals surface area contributed by atoms with Crippen LogP contribution in [-0.4, -0.2) is 27.2 Å². The average Bonchev–Trinajstić information content (AvgIpc) is 3.04. The molecule has 0 amide bonds. The topological polar surface area (TPSA) is 68.3 Å². The zero-order valence-corrected chi connectivity index (χ0v) is 7.94. The predicted molar refractivity (Wildman–Crippen MR) is 32.4 cm³/mol. The second-order valence-corrected chi connectivity index (χ2v) is 4.34. The van der Waals surface area contributed by atoms with Crippen molar-refractivity contribution in [1.82, 2.24) is 0 Å². The average molecular weight is 330 g/mol. The summed E-state index contributed by atoms with van der Waals surface area (Å²) < 4.78 is 0. The van der Waals surface area contributed by atoms with E-state index in [-0.39, 0.29) is 0 Å². The smallest absolute Gasteiger partial charge is 0.281 e. The predicted octanol–water partition coefficient (Wildman–Crippen LogP) is -0.669. The van der Waals surface area contributed by atoms with Crippen LogP contribution in [0.3, 0.4) is 0 Å². The van der Waals surface area contributed by atoms with Crippen LogP contribution in [0.4, 0.5) is 0 Å². The largest absolute Gasteiger partial charge is 0.281 e. The first-order valence-electron chi connectivity index (χ1n) is 1.82. The molecule has 11 heavy (non-hydrogen) atoms. The normalized spacial score (nSPS) is 8.73. The van der Waals surface area contributed by atoms with E-state index in [0.717, 1.165) is 0 Å². The van der Waals surface area contributed by atoms with Gasteiger partial charge in [-0.3, -0.25) is 19.2 Å². The first-order valence-corrected chi connectivity index (χ1v) is 5.41. The summed E-state index contributed by atoms with van der Waals surface area (Å²) in [6, 6.07) is 0. The van der Waals surface area contributed by atoms with Gasteiger partial charge in [-0.2, -0.15) is 0 Å². The molecule has 60 valence electrons. The summed E-state index contributed by atoms with van der Waals surface area (Å²) in [5.74, 6) is 0. The Morgan fingerprint density at radius 1 is 0.636 bits per heavy atom. The summed E-state index contributed by atoms with van der Waals surface area (Å²) in [5, 5.41) is 0. The molecule has 8 radical (unpaired) electrons. The monoisotopic (exact) mass is 332 g/mol. The second kappa shape index (κ2) is 120. The molecule has 0 aromatic heterocycles. The van der Waals surface area contributed by atoms with Gasteiger partial charge in [0, 0.05) is 0 Å². The van der Waals surface area contributed by atoms with Gasteiger partial charge < -0.3 is 0 Å². The molecule has 0 N–H and O–H groups in total. The number of hydrogen-bond acceptors (Lipinski definition) is 4. The Bertz CT molecular complexity index is 41.1. The van der Waals surface area contributed by atoms with Crippen molar-refractivity contribution in [2.45, 2.75) is 9.95 Å². The van der Waals surface area contributed by atoms with Crippen LogP contribution in [0.15, 0.2) is 0 Å². The molecule has 1 saturated heterocycles. The number of carbonyl (C=O) groups excluding carboxylic acids is 4. The molecule has 1 heterocycles. The molecule has 5 heteroatoms. The van der Waals surface area contributed by atoms with Crippen molar-refractivity contribution in [3.8, 4) is 0 Å². The third kappa shape index (κ3) is 4980. The van der Waals surface area contributed by atoms with Crippen LogP contribution >= 0.6 is 0 Å². The molecule has 1 rings (SSSR count). The molecule has 0 aromatic carbocycles. The van der Waals surface area contributed by atoms with E-state index in [1.807, 2.05) is 0 Å². The van der Waals surface area contributed by atoms with Gasteiger partial charge in [-0.25, -0.2) is 0 Å². The van der Waals surface area contributed by atoms with Crippen molar-refractivity contribution in [2.24, 2.45) is 0 Å². The van der Waals surface area contributed by atoms with E-state index in [1.165, 1.54) is 0 Å². The van der Waals surface area contributed by atoms with Gasteiger partial charge in [-0.05, 0) is 0 Å². The van der Waals surface area contributed by atoms with Gasteiger partial charge >= 0.3 is 27.4 Å². The number of hydrogen-bond donors (Lipinski definition) is 0. The molecule has 0 atom stereocenters. The second-order valence-electron chi connectivity index (χ2n) is 0.530. The number of rotatable bonds is 0. The zero-order chi connectivity index (χ0) is 10.1. The summed E-state index contributed by atoms with van der Waals surface area (Å²) in [6.07, 6.45) is 0. The molecular formula is C6H4O4Os. The van der Waals surface area contributed by atoms with E-state index >= 15 is 0 Å². The van der Waals surface area contributed by atoms with Gasteiger partial charge in [0.05, 0.1) is 0 Å². The molecule has 1 fully saturated rings. The van der Waals surface area contributed by atoms with Crippen molar-refractivity contribution < 1.29 is 36.6 Å². The van der Waals surface area contributed by atoms with Crippen molar-refractivity contribution in [1.29, 1.82) is 0 Å². The van der Waals surface area contributed by atoms with Crippen LogP contribution in [0.2, 0.25) is 9.95 Å². The molecule has 0 aliphatic carbocycles. The van der Waals surface area contributed by atoms with Crippen LogP contribution in [0.1, 0.15) is 0 Å². The third-order valence-electron chi connectivity index (χ3n) is 0.177. The Morgan fingerprint density at radius 2 is 0.727 bits per heavy atom. The summed E-state index contributed by atoms with van der Waals surface area (Å²) in [6.45, 7) is 18.0. The minimum atomic E-state index is 0.667. The minimum absolute atomic E-state index is 0.667. The summed E-state index contributed by atoms with van der Waals surface area (Å²) >= 11 is 0.667. The maximum Gasteiger partial charge on any atom is 0.281 e. The summed E-state index contributed by atoms with van der Waals surface area (Å²) in [4.78, 5) is 33.3. The van der Waals surface area contributed by atoms with Crippen molar-refractivity contribution in [2.75, 3.05) is 0 Å². The fourth-order valence-electron chi connectivity index (χ4n) is 0. The van der Waals surface area contributed by atoms with Gasteiger partial charge in [0.2, 0.25) is 0 Å². The van der Waals surface area contributed by atoms with Crippen molar-refractivity contribution in [3.05, 3.63) is 0 Å². The van der Waals surface area contributed by atoms with E-state index in [4.69, 9.17) is 19.2 Å². The van der Waals surface area contributed by atoms with E-state index in [9.17, 15) is 0 Å². The van der Waals surface area contributed by atoms with E-state index in [2.05, 4.69) is 27.2 Å². The molecule has 1 aliphatic rings. The quantitative estimate of drug-likeness (QED) is 0.591. The Hall–Kier alpha value is -0.684. The Kier molecular flexibility index (Phi) is 245. The van der Waals surface area contributed by atoms with Gasteiger partial charge in [-0.1, -0.05) is 0 Å². The van der Waals surface area contributed by atoms with Gasteiger partial charge in [0.25, 0.3) is 27.2 Å². The molecule has 0 spiro atoms. The molecule has 0 bridgehead atoms. The van der Waals surface area contributed by atoms with Crippen LogP contribution in [-0.2, 0) is 36.6 Å². The molecular weight excluding hydrogens is 326 g/mol. The zero-order valence-electron chi connectivity index (χ0n) is 5.40. The molecule has 0 saturated carbocycles. The molecule has 1 aliphatic heterocycles. The SMILES string of the molecule is [CH2]1[CH2][Os]1.[C]=O.[C]=O.[C]=O.[C]=O. The molecule has 0 unspecified atom stereocenters. The van der Waals surface area contributed by atoms with Crippen LogP contribution in [0, 0.1) is 0 Å². The Morgan fingerprint density at radius 3 is 0.727 bits per heavy atom. The Balaban J connectivity index is -0.0000000287. The minimum Gasteiger partial charge on any atom is -0.281 e. The first-order chi connectivity index (χ1) is 5.50. The van der Waals surface area contributed by atoms with Gasteiger partial charge in [0.15, 0.2) is 0 Å². The summed E-state index contributed by atoms with van der Waals surface area (Å²) in [7, 11) is 0. The van der Waals surface area contributed by atoms with Crippen LogP contribution in [0.5, 0.6) is 0 Å². The standard InChI is InChI=1S/C2H4.4CO.Os/c5*1-2;/h1-2H2;;;;;. The summed E-state index contributed by atoms with van der Waals surface area (Å²) in [5.41, 5.74) is 0. The maximum atomic E-state index is 7.50. The van der Waals surface area contributed by atoms with Gasteiger partial charge in [0.1, 0.15) is 0 Å². The third-order valence-corrected chi connectivity index (χ3v) is 1.45. The first kappa shape index (κ1) is 22.4. The van der Waals surface area contributed by atoms with Crippen LogP contribution in [0.25, 0.3) is 0 Å². The van der Waals surface area contributed by atoms with Crippen molar-refractivity contribution >= 4 is 27.2 Å². The molecule has 0 aromatic rings. The van der Waals surface area contributed by atoms with E-state index in [0.29, 0.717) is 17.4 Å². The fourth-order valence-corrected chi connectivity index (χ4v) is 0.